The summed E-state index contributed by atoms with van der Waals surface area (Å²) in [6.45, 7) is 5.07. The summed E-state index contributed by atoms with van der Waals surface area (Å²) in [7, 11) is 0. The zero-order valence-electron chi connectivity index (χ0n) is 15.5. The average molecular weight is 351 g/mol. The first-order valence-electron chi connectivity index (χ1n) is 9.28. The highest BCUT2D eigenvalue weighted by Gasteiger charge is 2.15. The third-order valence-electron chi connectivity index (χ3n) is 5.16. The van der Waals surface area contributed by atoms with E-state index in [1.165, 1.54) is 27.6 Å². The monoisotopic (exact) mass is 351 g/mol. The van der Waals surface area contributed by atoms with Gasteiger partial charge >= 0.3 is 0 Å². The van der Waals surface area contributed by atoms with Crippen LogP contribution in [0.3, 0.4) is 0 Å². The standard InChI is InChI=1S/C24H21N3/c1-16-12-17(2)23-20(13-16)25-24(26-23)22-14-19-10-6-7-11-21(19)27(22)15-18-8-4-3-5-9-18/h3-14H,15H2,1-2H3,(H,25,26). The lowest BCUT2D eigenvalue weighted by Gasteiger charge is -2.09. The predicted molar refractivity (Wildman–Crippen MR) is 112 cm³/mol. The number of benzene rings is 3. The first-order chi connectivity index (χ1) is 13.2. The number of fused-ring (bicyclic) bond motifs is 2. The molecule has 1 N–H and O–H groups in total. The molecule has 0 saturated carbocycles. The van der Waals surface area contributed by atoms with Gasteiger partial charge in [-0.05, 0) is 48.7 Å². The zero-order chi connectivity index (χ0) is 18.4. The van der Waals surface area contributed by atoms with Crippen molar-refractivity contribution in [3.63, 3.8) is 0 Å². The molecule has 2 heterocycles. The van der Waals surface area contributed by atoms with Crippen molar-refractivity contribution >= 4 is 21.9 Å². The van der Waals surface area contributed by atoms with Gasteiger partial charge in [0.25, 0.3) is 0 Å². The van der Waals surface area contributed by atoms with Gasteiger partial charge in [0, 0.05) is 17.4 Å². The van der Waals surface area contributed by atoms with Crippen LogP contribution >= 0.6 is 0 Å². The predicted octanol–water partition coefficient (Wildman–Crippen LogP) is 5.85. The number of aromatic amines is 1. The number of hydrogen-bond donors (Lipinski definition) is 1. The summed E-state index contributed by atoms with van der Waals surface area (Å²) in [5.74, 6) is 0.922. The maximum atomic E-state index is 4.94. The van der Waals surface area contributed by atoms with E-state index in [0.717, 1.165) is 29.1 Å². The van der Waals surface area contributed by atoms with E-state index in [9.17, 15) is 0 Å². The van der Waals surface area contributed by atoms with E-state index >= 15 is 0 Å². The summed E-state index contributed by atoms with van der Waals surface area (Å²) in [6.07, 6.45) is 0. The van der Waals surface area contributed by atoms with E-state index in [-0.39, 0.29) is 0 Å². The Kier molecular flexibility index (Phi) is 3.61. The molecule has 0 saturated heterocycles. The van der Waals surface area contributed by atoms with Crippen molar-refractivity contribution < 1.29 is 0 Å². The second-order valence-electron chi connectivity index (χ2n) is 7.22. The van der Waals surface area contributed by atoms with E-state index in [2.05, 4.69) is 96.2 Å². The molecule has 3 heteroatoms. The molecule has 3 nitrogen and oxygen atoms in total. The van der Waals surface area contributed by atoms with Crippen LogP contribution in [0.4, 0.5) is 0 Å². The number of aromatic nitrogens is 3. The number of para-hydroxylation sites is 1. The van der Waals surface area contributed by atoms with Gasteiger partial charge in [0.05, 0.1) is 16.7 Å². The molecule has 5 rings (SSSR count). The lowest BCUT2D eigenvalue weighted by Crippen LogP contribution is -2.02. The van der Waals surface area contributed by atoms with E-state index in [1.807, 2.05) is 0 Å². The highest BCUT2D eigenvalue weighted by molar-refractivity contribution is 5.88. The largest absolute Gasteiger partial charge is 0.337 e. The number of imidazole rings is 1. The molecule has 0 aliphatic rings. The molecule has 2 aromatic heterocycles. The number of H-pyrrole nitrogens is 1. The minimum atomic E-state index is 0.818. The van der Waals surface area contributed by atoms with Crippen LogP contribution in [0.1, 0.15) is 16.7 Å². The first-order valence-corrected chi connectivity index (χ1v) is 9.28. The Labute approximate surface area is 158 Å². The van der Waals surface area contributed by atoms with Gasteiger partial charge in [0.2, 0.25) is 0 Å². The van der Waals surface area contributed by atoms with Crippen molar-refractivity contribution in [2.45, 2.75) is 20.4 Å². The third kappa shape index (κ3) is 2.72. The van der Waals surface area contributed by atoms with Crippen molar-refractivity contribution in [1.82, 2.24) is 14.5 Å². The average Bonchev–Trinajstić information content (AvgIpc) is 3.25. The van der Waals surface area contributed by atoms with Crippen molar-refractivity contribution in [3.8, 4) is 11.5 Å². The molecule has 0 radical (unpaired) electrons. The summed E-state index contributed by atoms with van der Waals surface area (Å²) < 4.78 is 2.35. The highest BCUT2D eigenvalue weighted by Crippen LogP contribution is 2.30. The SMILES string of the molecule is Cc1cc(C)c2nc(-c3cc4ccccc4n3Cc3ccccc3)[nH]c2c1. The molecule has 0 bridgehead atoms. The number of rotatable bonds is 3. The second kappa shape index (κ2) is 6.13. The Morgan fingerprint density at radius 1 is 0.889 bits per heavy atom. The van der Waals surface area contributed by atoms with Crippen LogP contribution in [0.25, 0.3) is 33.5 Å². The van der Waals surface area contributed by atoms with Gasteiger partial charge < -0.3 is 9.55 Å². The molecule has 0 fully saturated rings. The first kappa shape index (κ1) is 15.9. The Morgan fingerprint density at radius 2 is 1.67 bits per heavy atom. The van der Waals surface area contributed by atoms with Crippen molar-refractivity contribution in [2.75, 3.05) is 0 Å². The summed E-state index contributed by atoms with van der Waals surface area (Å²) in [5, 5.41) is 1.23. The van der Waals surface area contributed by atoms with E-state index in [0.29, 0.717) is 0 Å². The second-order valence-corrected chi connectivity index (χ2v) is 7.22. The molecule has 132 valence electrons. The molecule has 3 aromatic carbocycles. The van der Waals surface area contributed by atoms with Crippen LogP contribution in [0.5, 0.6) is 0 Å². The molecule has 0 aliphatic carbocycles. The topological polar surface area (TPSA) is 33.6 Å². The Morgan fingerprint density at radius 3 is 2.52 bits per heavy atom. The maximum Gasteiger partial charge on any atom is 0.155 e. The van der Waals surface area contributed by atoms with Gasteiger partial charge in [-0.15, -0.1) is 0 Å². The minimum Gasteiger partial charge on any atom is -0.337 e. The maximum absolute atomic E-state index is 4.94. The van der Waals surface area contributed by atoms with Gasteiger partial charge in [0.15, 0.2) is 5.82 Å². The lowest BCUT2D eigenvalue weighted by molar-refractivity contribution is 0.839. The van der Waals surface area contributed by atoms with Crippen LogP contribution in [0, 0.1) is 13.8 Å². The van der Waals surface area contributed by atoms with Crippen LogP contribution < -0.4 is 0 Å². The van der Waals surface area contributed by atoms with Crippen molar-refractivity contribution in [1.29, 1.82) is 0 Å². The van der Waals surface area contributed by atoms with Crippen LogP contribution in [-0.2, 0) is 6.54 Å². The fraction of sp³-hybridized carbons (Fsp3) is 0.125. The number of hydrogen-bond acceptors (Lipinski definition) is 1. The molecular weight excluding hydrogens is 330 g/mol. The molecule has 0 amide bonds. The number of nitrogens with zero attached hydrogens (tertiary/aromatic N) is 2. The zero-order valence-corrected chi connectivity index (χ0v) is 15.5. The van der Waals surface area contributed by atoms with E-state index < -0.39 is 0 Å². The smallest absolute Gasteiger partial charge is 0.155 e. The van der Waals surface area contributed by atoms with Gasteiger partial charge in [-0.1, -0.05) is 54.6 Å². The normalized spacial score (nSPS) is 11.5. The molecule has 0 atom stereocenters. The van der Waals surface area contributed by atoms with Gasteiger partial charge in [0.1, 0.15) is 0 Å². The van der Waals surface area contributed by atoms with Crippen LogP contribution in [0.2, 0.25) is 0 Å². The summed E-state index contributed by atoms with van der Waals surface area (Å²) in [6, 6.07) is 25.7. The molecule has 27 heavy (non-hydrogen) atoms. The number of nitrogens with one attached hydrogen (secondary N) is 1. The molecule has 0 aliphatic heterocycles. The fourth-order valence-electron chi connectivity index (χ4n) is 3.94. The van der Waals surface area contributed by atoms with Gasteiger partial charge in [-0.25, -0.2) is 4.98 Å². The minimum absolute atomic E-state index is 0.818. The fourth-order valence-corrected chi connectivity index (χ4v) is 3.94. The summed E-state index contributed by atoms with van der Waals surface area (Å²) in [5.41, 5.74) is 8.23. The third-order valence-corrected chi connectivity index (χ3v) is 5.16. The van der Waals surface area contributed by atoms with Crippen molar-refractivity contribution in [3.05, 3.63) is 89.5 Å². The molecule has 0 unspecified atom stereocenters. The lowest BCUT2D eigenvalue weighted by atomic mass is 10.1. The summed E-state index contributed by atoms with van der Waals surface area (Å²) in [4.78, 5) is 8.49. The molecule has 5 aromatic rings. The quantitative estimate of drug-likeness (QED) is 0.434. The molecular formula is C24H21N3. The van der Waals surface area contributed by atoms with Gasteiger partial charge in [-0.3, -0.25) is 0 Å². The van der Waals surface area contributed by atoms with Gasteiger partial charge in [-0.2, -0.15) is 0 Å². The summed E-state index contributed by atoms with van der Waals surface area (Å²) >= 11 is 0. The Bertz CT molecular complexity index is 1260. The number of aryl methyl sites for hydroxylation is 2. The van der Waals surface area contributed by atoms with E-state index in [4.69, 9.17) is 4.98 Å². The Hall–Kier alpha value is -3.33. The van der Waals surface area contributed by atoms with Crippen molar-refractivity contribution in [2.24, 2.45) is 0 Å². The Balaban J connectivity index is 1.73. The van der Waals surface area contributed by atoms with E-state index in [1.54, 1.807) is 0 Å². The highest BCUT2D eigenvalue weighted by atomic mass is 15.0. The molecule has 0 spiro atoms. The van der Waals surface area contributed by atoms with Crippen LogP contribution in [0.15, 0.2) is 72.8 Å². The van der Waals surface area contributed by atoms with Crippen LogP contribution in [-0.4, -0.2) is 14.5 Å².